The van der Waals surface area contributed by atoms with Gasteiger partial charge in [-0.25, -0.2) is 0 Å². The van der Waals surface area contributed by atoms with E-state index in [0.29, 0.717) is 23.5 Å². The third-order valence-corrected chi connectivity index (χ3v) is 8.60. The Hall–Kier alpha value is -3.12. The number of aromatic hydroxyl groups is 1. The molecule has 194 valence electrons. The molecule has 5 rings (SSSR count). The topological polar surface area (TPSA) is 66.8 Å². The summed E-state index contributed by atoms with van der Waals surface area (Å²) in [5.41, 5.74) is 4.56. The second-order valence-electron chi connectivity index (χ2n) is 12.3. The van der Waals surface area contributed by atoms with Gasteiger partial charge in [-0.3, -0.25) is 9.59 Å². The van der Waals surface area contributed by atoms with E-state index in [-0.39, 0.29) is 41.1 Å². The molecule has 2 aromatic rings. The van der Waals surface area contributed by atoms with Crippen LogP contribution in [0.3, 0.4) is 0 Å². The highest BCUT2D eigenvalue weighted by Gasteiger charge is 2.44. The quantitative estimate of drug-likeness (QED) is 0.479. The predicted octanol–water partition coefficient (Wildman–Crippen LogP) is 6.24. The molecule has 1 fully saturated rings. The minimum absolute atomic E-state index is 0.00481. The Bertz CT molecular complexity index is 1340. The number of ketones is 1. The van der Waals surface area contributed by atoms with Crippen LogP contribution in [0.15, 0.2) is 58.2 Å². The number of amides is 1. The maximum atomic E-state index is 13.9. The summed E-state index contributed by atoms with van der Waals surface area (Å²) in [5.74, 6) is 0.800. The predicted molar refractivity (Wildman–Crippen MR) is 148 cm³/mol. The maximum Gasteiger partial charge on any atom is 0.260 e. The number of hydrogen-bond donors (Lipinski definition) is 1. The van der Waals surface area contributed by atoms with Crippen LogP contribution in [0, 0.1) is 0 Å². The van der Waals surface area contributed by atoms with E-state index < -0.39 is 0 Å². The number of likely N-dealkylation sites (N-methyl/N-ethyl adjacent to an activating group) is 1. The molecular formula is C31H35NO4S. The SMILES string of the molecule is CN1C(=O)COC2=CC3=C(CC21)C(c1cccs1)C(=Cc1cc(C(C)(C)C)c(O)c(C(C)(C)C)c1)C3=O. The summed E-state index contributed by atoms with van der Waals surface area (Å²) in [4.78, 5) is 29.1. The zero-order valence-corrected chi connectivity index (χ0v) is 23.5. The van der Waals surface area contributed by atoms with Gasteiger partial charge >= 0.3 is 0 Å². The molecule has 1 aromatic carbocycles. The lowest BCUT2D eigenvalue weighted by Crippen LogP contribution is -2.46. The van der Waals surface area contributed by atoms with Gasteiger partial charge in [-0.2, -0.15) is 0 Å². The Morgan fingerprint density at radius 1 is 1.08 bits per heavy atom. The van der Waals surface area contributed by atoms with Crippen molar-refractivity contribution in [1.82, 2.24) is 4.90 Å². The van der Waals surface area contributed by atoms with Gasteiger partial charge in [0.05, 0.1) is 6.04 Å². The number of carbonyl (C=O) groups is 2. The Morgan fingerprint density at radius 2 is 1.73 bits per heavy atom. The van der Waals surface area contributed by atoms with Crippen LogP contribution in [0.5, 0.6) is 5.75 Å². The van der Waals surface area contributed by atoms with Crippen molar-refractivity contribution in [2.75, 3.05) is 13.7 Å². The molecule has 37 heavy (non-hydrogen) atoms. The lowest BCUT2D eigenvalue weighted by atomic mass is 9.78. The molecule has 1 aliphatic heterocycles. The fourth-order valence-electron chi connectivity index (χ4n) is 5.59. The van der Waals surface area contributed by atoms with Gasteiger partial charge < -0.3 is 14.7 Å². The number of rotatable bonds is 2. The summed E-state index contributed by atoms with van der Waals surface area (Å²) in [7, 11) is 1.81. The number of fused-ring (bicyclic) bond motifs is 1. The van der Waals surface area contributed by atoms with Crippen LogP contribution < -0.4 is 0 Å². The number of Topliss-reactive ketones (excluding diaryl/α,β-unsaturated/α-hetero) is 1. The van der Waals surface area contributed by atoms with E-state index in [0.717, 1.165) is 32.7 Å². The Kier molecular flexibility index (Phi) is 6.02. The van der Waals surface area contributed by atoms with Crippen LogP contribution in [0.1, 0.15) is 75.4 Å². The van der Waals surface area contributed by atoms with E-state index in [4.69, 9.17) is 4.74 Å². The number of hydrogen-bond acceptors (Lipinski definition) is 5. The fourth-order valence-corrected chi connectivity index (χ4v) is 6.46. The average Bonchev–Trinajstić information content (AvgIpc) is 3.42. The zero-order valence-electron chi connectivity index (χ0n) is 22.6. The lowest BCUT2D eigenvalue weighted by Gasteiger charge is -2.37. The number of thiophene rings is 1. The van der Waals surface area contributed by atoms with Gasteiger partial charge in [-0.15, -0.1) is 11.3 Å². The van der Waals surface area contributed by atoms with E-state index in [2.05, 4.69) is 47.6 Å². The molecule has 2 aliphatic carbocycles. The lowest BCUT2D eigenvalue weighted by molar-refractivity contribution is -0.140. The average molecular weight is 518 g/mol. The van der Waals surface area contributed by atoms with Crippen LogP contribution in [0.25, 0.3) is 6.08 Å². The van der Waals surface area contributed by atoms with Crippen molar-refractivity contribution < 1.29 is 19.4 Å². The third-order valence-electron chi connectivity index (χ3n) is 7.66. The summed E-state index contributed by atoms with van der Waals surface area (Å²) in [5, 5.41) is 13.2. The first-order valence-electron chi connectivity index (χ1n) is 12.8. The number of nitrogens with zero attached hydrogens (tertiary/aromatic N) is 1. The van der Waals surface area contributed by atoms with Gasteiger partial charge in [0, 0.05) is 40.1 Å². The third kappa shape index (κ3) is 4.35. The number of benzene rings is 1. The highest BCUT2D eigenvalue weighted by molar-refractivity contribution is 7.10. The number of phenolic OH excluding ortho intramolecular Hbond substituents is 1. The highest BCUT2D eigenvalue weighted by Crippen LogP contribution is 2.50. The van der Waals surface area contributed by atoms with Crippen molar-refractivity contribution >= 4 is 29.1 Å². The van der Waals surface area contributed by atoms with Gasteiger partial charge in [0.25, 0.3) is 5.91 Å². The van der Waals surface area contributed by atoms with Gasteiger partial charge in [0.1, 0.15) is 11.5 Å². The van der Waals surface area contributed by atoms with Crippen molar-refractivity contribution in [3.63, 3.8) is 0 Å². The standard InChI is InChI=1S/C31H35NO4S/c1-30(2,3)21-12-17(13-22(29(21)35)31(4,5)6)11-20-27(25-9-8-10-37-25)18-14-23-24(15-19(18)28(20)34)36-16-26(33)32(23)7/h8-13,15,23,27,35H,14,16H2,1-7H3. The number of ether oxygens (including phenoxy) is 1. The first-order chi connectivity index (χ1) is 17.3. The van der Waals surface area contributed by atoms with Gasteiger partial charge in [-0.1, -0.05) is 47.6 Å². The minimum Gasteiger partial charge on any atom is -0.507 e. The molecule has 1 saturated heterocycles. The largest absolute Gasteiger partial charge is 0.507 e. The molecule has 6 heteroatoms. The number of phenols is 1. The molecule has 3 aliphatic rings. The van der Waals surface area contributed by atoms with Crippen LogP contribution in [-0.4, -0.2) is 41.4 Å². The molecule has 0 spiro atoms. The molecule has 5 nitrogen and oxygen atoms in total. The molecule has 0 saturated carbocycles. The van der Waals surface area contributed by atoms with Gasteiger partial charge in [0.15, 0.2) is 12.4 Å². The normalized spacial score (nSPS) is 23.3. The van der Waals surface area contributed by atoms with Crippen molar-refractivity contribution in [2.24, 2.45) is 0 Å². The molecular weight excluding hydrogens is 482 g/mol. The van der Waals surface area contributed by atoms with Crippen molar-refractivity contribution in [3.05, 3.63) is 79.8 Å². The smallest absolute Gasteiger partial charge is 0.260 e. The molecule has 1 aromatic heterocycles. The molecule has 0 radical (unpaired) electrons. The van der Waals surface area contributed by atoms with Crippen molar-refractivity contribution in [3.8, 4) is 5.75 Å². The molecule has 2 heterocycles. The number of carbonyl (C=O) groups excluding carboxylic acids is 2. The molecule has 0 bridgehead atoms. The van der Waals surface area contributed by atoms with Gasteiger partial charge in [0.2, 0.25) is 0 Å². The second kappa shape index (κ2) is 8.73. The Morgan fingerprint density at radius 3 is 2.30 bits per heavy atom. The van der Waals surface area contributed by atoms with Crippen molar-refractivity contribution in [2.45, 2.75) is 70.8 Å². The van der Waals surface area contributed by atoms with E-state index in [1.165, 1.54) is 0 Å². The van der Waals surface area contributed by atoms with E-state index in [1.807, 2.05) is 35.7 Å². The maximum absolute atomic E-state index is 13.9. The molecule has 1 amide bonds. The van der Waals surface area contributed by atoms with Crippen LogP contribution in [0.2, 0.25) is 0 Å². The highest BCUT2D eigenvalue weighted by atomic mass is 32.1. The molecule has 2 atom stereocenters. The van der Waals surface area contributed by atoms with Crippen LogP contribution in [0.4, 0.5) is 0 Å². The fraction of sp³-hybridized carbons (Fsp3) is 0.419. The number of morpholine rings is 1. The summed E-state index contributed by atoms with van der Waals surface area (Å²) in [6, 6.07) is 7.93. The zero-order chi connectivity index (χ0) is 26.9. The number of allylic oxidation sites excluding steroid dienone is 3. The minimum atomic E-state index is -0.266. The van der Waals surface area contributed by atoms with E-state index in [9.17, 15) is 14.7 Å². The van der Waals surface area contributed by atoms with Crippen molar-refractivity contribution in [1.29, 1.82) is 0 Å². The summed E-state index contributed by atoms with van der Waals surface area (Å²) >= 11 is 1.64. The Labute approximate surface area is 223 Å². The summed E-state index contributed by atoms with van der Waals surface area (Å²) in [6.45, 7) is 12.5. The monoisotopic (exact) mass is 517 g/mol. The van der Waals surface area contributed by atoms with Gasteiger partial charge in [-0.05, 0) is 64.1 Å². The first kappa shape index (κ1) is 25.5. The second-order valence-corrected chi connectivity index (χ2v) is 13.3. The van der Waals surface area contributed by atoms with E-state index >= 15 is 0 Å². The van der Waals surface area contributed by atoms with Crippen LogP contribution >= 0.6 is 11.3 Å². The van der Waals surface area contributed by atoms with E-state index in [1.54, 1.807) is 23.3 Å². The summed E-state index contributed by atoms with van der Waals surface area (Å²) < 4.78 is 5.76. The molecule has 1 N–H and O–H groups in total. The summed E-state index contributed by atoms with van der Waals surface area (Å²) in [6.07, 6.45) is 4.44. The Balaban J connectivity index is 1.67. The van der Waals surface area contributed by atoms with Crippen LogP contribution in [-0.2, 0) is 25.2 Å². The first-order valence-corrected chi connectivity index (χ1v) is 13.7. The molecule has 2 unspecified atom stereocenters.